The third-order valence-corrected chi connectivity index (χ3v) is 4.35. The SMILES string of the molecule is COc1cc(C=CC(=O)NC(N)=NN=C(N)NC(=O)C=Cc2cccc(C)c2)cc(OC)c1OC. The lowest BCUT2D eigenvalue weighted by atomic mass is 10.1. The fraction of sp³-hybridized carbons (Fsp3) is 0.167. The predicted octanol–water partition coefficient (Wildman–Crippen LogP) is 1.52. The van der Waals surface area contributed by atoms with E-state index in [1.807, 2.05) is 31.2 Å². The lowest BCUT2D eigenvalue weighted by molar-refractivity contribution is -0.116. The molecule has 0 bridgehead atoms. The van der Waals surface area contributed by atoms with E-state index in [0.29, 0.717) is 22.8 Å². The molecule has 2 rings (SSSR count). The van der Waals surface area contributed by atoms with E-state index in [9.17, 15) is 9.59 Å². The molecule has 2 aromatic carbocycles. The third-order valence-electron chi connectivity index (χ3n) is 4.35. The Hall–Kier alpha value is -4.80. The van der Waals surface area contributed by atoms with E-state index in [1.165, 1.54) is 39.6 Å². The Kier molecular flexibility index (Phi) is 9.85. The van der Waals surface area contributed by atoms with Gasteiger partial charge < -0.3 is 25.7 Å². The summed E-state index contributed by atoms with van der Waals surface area (Å²) >= 11 is 0. The van der Waals surface area contributed by atoms with Gasteiger partial charge in [-0.05, 0) is 42.3 Å². The van der Waals surface area contributed by atoms with Gasteiger partial charge in [-0.3, -0.25) is 20.2 Å². The molecule has 6 N–H and O–H groups in total. The van der Waals surface area contributed by atoms with Crippen LogP contribution in [0, 0.1) is 6.92 Å². The van der Waals surface area contributed by atoms with Gasteiger partial charge in [0, 0.05) is 12.2 Å². The summed E-state index contributed by atoms with van der Waals surface area (Å²) in [5, 5.41) is 11.8. The van der Waals surface area contributed by atoms with Gasteiger partial charge >= 0.3 is 0 Å². The molecule has 0 aliphatic heterocycles. The first-order chi connectivity index (χ1) is 16.7. The molecule has 2 amide bonds. The molecule has 0 fully saturated rings. The zero-order valence-corrected chi connectivity index (χ0v) is 19.9. The van der Waals surface area contributed by atoms with Gasteiger partial charge in [-0.2, -0.15) is 0 Å². The van der Waals surface area contributed by atoms with Crippen LogP contribution in [-0.2, 0) is 9.59 Å². The number of hydrogen-bond donors (Lipinski definition) is 4. The highest BCUT2D eigenvalue weighted by molar-refractivity contribution is 6.05. The van der Waals surface area contributed by atoms with Crippen molar-refractivity contribution in [1.82, 2.24) is 10.6 Å². The molecule has 35 heavy (non-hydrogen) atoms. The first-order valence-corrected chi connectivity index (χ1v) is 10.3. The largest absolute Gasteiger partial charge is 0.493 e. The van der Waals surface area contributed by atoms with E-state index in [-0.39, 0.29) is 11.9 Å². The lowest BCUT2D eigenvalue weighted by Crippen LogP contribution is -2.37. The van der Waals surface area contributed by atoms with Crippen LogP contribution in [0.25, 0.3) is 12.2 Å². The minimum atomic E-state index is -0.570. The van der Waals surface area contributed by atoms with Crippen molar-refractivity contribution < 1.29 is 23.8 Å². The standard InChI is InChI=1S/C24H28N6O5/c1-15-6-5-7-16(12-15)8-10-20(31)27-23(25)29-30-24(26)28-21(32)11-9-17-13-18(33-2)22(35-4)19(14-17)34-3/h5-14H,1-4H3,(H3,25,27,29,31)(H3,26,28,30,32). The molecule has 0 spiro atoms. The number of carbonyl (C=O) groups excluding carboxylic acids is 2. The number of amides is 2. The van der Waals surface area contributed by atoms with Gasteiger partial charge in [0.1, 0.15) is 0 Å². The fourth-order valence-electron chi connectivity index (χ4n) is 2.81. The van der Waals surface area contributed by atoms with Crippen molar-refractivity contribution >= 4 is 35.9 Å². The Morgan fingerprint density at radius 1 is 0.800 bits per heavy atom. The van der Waals surface area contributed by atoms with Crippen LogP contribution in [0.5, 0.6) is 17.2 Å². The first kappa shape index (κ1) is 26.5. The van der Waals surface area contributed by atoms with Crippen LogP contribution < -0.4 is 36.3 Å². The number of nitrogens with two attached hydrogens (primary N) is 2. The van der Waals surface area contributed by atoms with E-state index >= 15 is 0 Å². The average Bonchev–Trinajstić information content (AvgIpc) is 2.84. The summed E-state index contributed by atoms with van der Waals surface area (Å²) in [6, 6.07) is 11.0. The van der Waals surface area contributed by atoms with Crippen molar-refractivity contribution in [3.05, 3.63) is 65.2 Å². The van der Waals surface area contributed by atoms with Crippen molar-refractivity contribution in [2.75, 3.05) is 21.3 Å². The van der Waals surface area contributed by atoms with Crippen LogP contribution in [0.3, 0.4) is 0 Å². The van der Waals surface area contributed by atoms with Crippen molar-refractivity contribution in [2.45, 2.75) is 6.92 Å². The molecule has 0 heterocycles. The molecule has 0 aliphatic carbocycles. The summed E-state index contributed by atoms with van der Waals surface area (Å²) in [5.41, 5.74) is 13.8. The Morgan fingerprint density at radius 3 is 1.77 bits per heavy atom. The minimum absolute atomic E-state index is 0.297. The molecule has 2 aromatic rings. The van der Waals surface area contributed by atoms with E-state index in [4.69, 9.17) is 25.7 Å². The topological polar surface area (TPSA) is 163 Å². The maximum Gasteiger partial charge on any atom is 0.250 e. The summed E-state index contributed by atoms with van der Waals surface area (Å²) in [6.45, 7) is 1.95. The van der Waals surface area contributed by atoms with E-state index in [2.05, 4.69) is 20.8 Å². The van der Waals surface area contributed by atoms with Crippen LogP contribution in [0.15, 0.2) is 58.8 Å². The molecule has 184 valence electrons. The number of nitrogens with one attached hydrogen (secondary N) is 2. The van der Waals surface area contributed by atoms with Gasteiger partial charge in [0.2, 0.25) is 17.7 Å². The Balaban J connectivity index is 1.95. The maximum absolute atomic E-state index is 12.1. The number of hydrogen-bond acceptors (Lipinski definition) is 7. The summed E-state index contributed by atoms with van der Waals surface area (Å²) < 4.78 is 15.8. The van der Waals surface area contributed by atoms with Crippen LogP contribution >= 0.6 is 0 Å². The van der Waals surface area contributed by atoms with Crippen LogP contribution in [0.2, 0.25) is 0 Å². The predicted molar refractivity (Wildman–Crippen MR) is 135 cm³/mol. The second-order valence-electron chi connectivity index (χ2n) is 6.99. The van der Waals surface area contributed by atoms with Crippen molar-refractivity contribution in [2.24, 2.45) is 21.7 Å². The molecule has 0 unspecified atom stereocenters. The molecule has 0 atom stereocenters. The molecular formula is C24H28N6O5. The zero-order chi connectivity index (χ0) is 25.8. The first-order valence-electron chi connectivity index (χ1n) is 10.3. The van der Waals surface area contributed by atoms with Crippen molar-refractivity contribution in [3.8, 4) is 17.2 Å². The highest BCUT2D eigenvalue weighted by Gasteiger charge is 2.12. The normalized spacial score (nSPS) is 12.0. The van der Waals surface area contributed by atoms with Crippen molar-refractivity contribution in [3.63, 3.8) is 0 Å². The number of rotatable bonds is 8. The van der Waals surface area contributed by atoms with Gasteiger partial charge in [0.25, 0.3) is 11.8 Å². The highest BCUT2D eigenvalue weighted by Crippen LogP contribution is 2.38. The van der Waals surface area contributed by atoms with Gasteiger partial charge in [-0.15, -0.1) is 10.2 Å². The molecular weight excluding hydrogens is 452 g/mol. The van der Waals surface area contributed by atoms with Gasteiger partial charge in [0.05, 0.1) is 21.3 Å². The molecule has 0 aromatic heterocycles. The van der Waals surface area contributed by atoms with Gasteiger partial charge in [0.15, 0.2) is 11.5 Å². The second-order valence-corrected chi connectivity index (χ2v) is 6.99. The van der Waals surface area contributed by atoms with Crippen LogP contribution in [0.1, 0.15) is 16.7 Å². The molecule has 11 heteroatoms. The van der Waals surface area contributed by atoms with Crippen molar-refractivity contribution in [1.29, 1.82) is 0 Å². The zero-order valence-electron chi connectivity index (χ0n) is 19.9. The number of benzene rings is 2. The Labute approximate surface area is 203 Å². The van der Waals surface area contributed by atoms with E-state index < -0.39 is 11.8 Å². The van der Waals surface area contributed by atoms with Crippen LogP contribution in [0.4, 0.5) is 0 Å². The number of aryl methyl sites for hydroxylation is 1. The Morgan fingerprint density at radius 2 is 1.31 bits per heavy atom. The number of methoxy groups -OCH3 is 3. The summed E-state index contributed by atoms with van der Waals surface area (Å²) in [4.78, 5) is 24.1. The average molecular weight is 481 g/mol. The summed E-state index contributed by atoms with van der Waals surface area (Å²) in [7, 11) is 4.47. The second kappa shape index (κ2) is 13.0. The van der Waals surface area contributed by atoms with E-state index in [1.54, 1.807) is 18.2 Å². The Bertz CT molecular complexity index is 1160. The summed E-state index contributed by atoms with van der Waals surface area (Å²) in [5.74, 6) is -0.382. The quantitative estimate of drug-likeness (QED) is 0.193. The number of carbonyl (C=O) groups is 2. The molecule has 0 radical (unpaired) electrons. The summed E-state index contributed by atoms with van der Waals surface area (Å²) in [6.07, 6.45) is 5.69. The monoisotopic (exact) mass is 480 g/mol. The fourth-order valence-corrected chi connectivity index (χ4v) is 2.81. The van der Waals surface area contributed by atoms with Gasteiger partial charge in [-0.1, -0.05) is 29.8 Å². The minimum Gasteiger partial charge on any atom is -0.493 e. The molecule has 0 aliphatic rings. The van der Waals surface area contributed by atoms with E-state index in [0.717, 1.165) is 11.1 Å². The lowest BCUT2D eigenvalue weighted by Gasteiger charge is -2.12. The number of nitrogens with zero attached hydrogens (tertiary/aromatic N) is 2. The third kappa shape index (κ3) is 8.57. The number of ether oxygens (including phenoxy) is 3. The van der Waals surface area contributed by atoms with Gasteiger partial charge in [-0.25, -0.2) is 0 Å². The molecule has 0 saturated carbocycles. The number of guanidine groups is 2. The van der Waals surface area contributed by atoms with Crippen LogP contribution in [-0.4, -0.2) is 45.1 Å². The maximum atomic E-state index is 12.1. The molecule has 11 nitrogen and oxygen atoms in total. The highest BCUT2D eigenvalue weighted by atomic mass is 16.5. The smallest absolute Gasteiger partial charge is 0.250 e. The molecule has 0 saturated heterocycles.